The summed E-state index contributed by atoms with van der Waals surface area (Å²) in [6.07, 6.45) is 3.57. The van der Waals surface area contributed by atoms with Crippen molar-refractivity contribution < 1.29 is 14.4 Å². The summed E-state index contributed by atoms with van der Waals surface area (Å²) in [5.41, 5.74) is 1.19. The Bertz CT molecular complexity index is 962. The van der Waals surface area contributed by atoms with Crippen molar-refractivity contribution in [3.8, 4) is 0 Å². The molecule has 2 atom stereocenters. The van der Waals surface area contributed by atoms with E-state index >= 15 is 0 Å². The quantitative estimate of drug-likeness (QED) is 0.693. The van der Waals surface area contributed by atoms with Crippen LogP contribution < -0.4 is 10.6 Å². The molecule has 2 aromatic rings. The van der Waals surface area contributed by atoms with E-state index in [0.717, 1.165) is 24.8 Å². The Morgan fingerprint density at radius 3 is 2.42 bits per heavy atom. The van der Waals surface area contributed by atoms with Gasteiger partial charge in [0, 0.05) is 12.6 Å². The van der Waals surface area contributed by atoms with E-state index in [2.05, 4.69) is 10.6 Å². The number of nitrogens with zero attached hydrogens (tertiary/aromatic N) is 1. The predicted molar refractivity (Wildman–Crippen MR) is 119 cm³/mol. The summed E-state index contributed by atoms with van der Waals surface area (Å²) >= 11 is 6.18. The van der Waals surface area contributed by atoms with Gasteiger partial charge >= 0.3 is 0 Å². The summed E-state index contributed by atoms with van der Waals surface area (Å²) in [5.74, 6) is -0.539. The molecular formula is C24H26ClN3O3. The summed E-state index contributed by atoms with van der Waals surface area (Å²) < 4.78 is 0. The average molecular weight is 440 g/mol. The molecule has 31 heavy (non-hydrogen) atoms. The second-order valence-electron chi connectivity index (χ2n) is 8.15. The van der Waals surface area contributed by atoms with Crippen molar-refractivity contribution in [3.63, 3.8) is 0 Å². The van der Waals surface area contributed by atoms with E-state index in [1.165, 1.54) is 0 Å². The van der Waals surface area contributed by atoms with Crippen molar-refractivity contribution in [2.24, 2.45) is 0 Å². The number of carbonyl (C=O) groups is 3. The van der Waals surface area contributed by atoms with Gasteiger partial charge in [0.1, 0.15) is 6.04 Å². The molecule has 4 rings (SSSR count). The van der Waals surface area contributed by atoms with Crippen LogP contribution in [0.4, 0.5) is 0 Å². The van der Waals surface area contributed by atoms with E-state index in [4.69, 9.17) is 11.6 Å². The van der Waals surface area contributed by atoms with Gasteiger partial charge in [-0.25, -0.2) is 0 Å². The Labute approximate surface area is 187 Å². The molecule has 0 aromatic heterocycles. The third kappa shape index (κ3) is 5.25. The Morgan fingerprint density at radius 2 is 1.71 bits per heavy atom. The fourth-order valence-corrected chi connectivity index (χ4v) is 4.20. The first-order valence-corrected chi connectivity index (χ1v) is 11.1. The van der Waals surface area contributed by atoms with Crippen LogP contribution in [0, 0.1) is 0 Å². The van der Waals surface area contributed by atoms with Crippen LogP contribution in [-0.4, -0.2) is 41.2 Å². The van der Waals surface area contributed by atoms with Crippen molar-refractivity contribution in [1.29, 1.82) is 0 Å². The maximum absolute atomic E-state index is 13.2. The minimum atomic E-state index is -0.523. The number of halogens is 1. The monoisotopic (exact) mass is 439 g/mol. The molecule has 0 bridgehead atoms. The second kappa shape index (κ2) is 9.52. The molecular weight excluding hydrogens is 414 g/mol. The first-order valence-electron chi connectivity index (χ1n) is 10.7. The SMILES string of the molecule is O=C(NC(CC(=O)N1CCCC1C(=O)NC1CC1)c1ccccc1)c1ccccc1Cl. The van der Waals surface area contributed by atoms with Crippen molar-refractivity contribution in [2.75, 3.05) is 6.54 Å². The van der Waals surface area contributed by atoms with Crippen LogP contribution in [0.15, 0.2) is 54.6 Å². The first-order chi connectivity index (χ1) is 15.0. The molecule has 3 amide bonds. The molecule has 1 saturated heterocycles. The molecule has 2 N–H and O–H groups in total. The summed E-state index contributed by atoms with van der Waals surface area (Å²) in [6.45, 7) is 0.557. The smallest absolute Gasteiger partial charge is 0.253 e. The number of amides is 3. The summed E-state index contributed by atoms with van der Waals surface area (Å²) in [6, 6.07) is 15.5. The van der Waals surface area contributed by atoms with Gasteiger partial charge in [0.05, 0.1) is 23.0 Å². The second-order valence-corrected chi connectivity index (χ2v) is 8.56. The highest BCUT2D eigenvalue weighted by molar-refractivity contribution is 6.33. The van der Waals surface area contributed by atoms with E-state index in [-0.39, 0.29) is 30.2 Å². The lowest BCUT2D eigenvalue weighted by Gasteiger charge is -2.27. The van der Waals surface area contributed by atoms with Gasteiger partial charge in [-0.3, -0.25) is 14.4 Å². The van der Waals surface area contributed by atoms with E-state index in [9.17, 15) is 14.4 Å². The van der Waals surface area contributed by atoms with Crippen molar-refractivity contribution in [2.45, 2.75) is 50.2 Å². The normalized spacial score (nSPS) is 19.0. The van der Waals surface area contributed by atoms with Crippen LogP contribution in [0.3, 0.4) is 0 Å². The van der Waals surface area contributed by atoms with Gasteiger partial charge in [-0.2, -0.15) is 0 Å². The van der Waals surface area contributed by atoms with Crippen molar-refractivity contribution in [3.05, 3.63) is 70.7 Å². The Hall–Kier alpha value is -2.86. The number of hydrogen-bond acceptors (Lipinski definition) is 3. The standard InChI is InChI=1S/C24H26ClN3O3/c25-19-10-5-4-9-18(19)23(30)27-20(16-7-2-1-3-8-16)15-22(29)28-14-6-11-21(28)24(31)26-17-12-13-17/h1-5,7-10,17,20-21H,6,11-15H2,(H,26,31)(H,27,30). The molecule has 1 aliphatic heterocycles. The lowest BCUT2D eigenvalue weighted by atomic mass is 10.0. The van der Waals surface area contributed by atoms with Crippen molar-refractivity contribution in [1.82, 2.24) is 15.5 Å². The zero-order chi connectivity index (χ0) is 21.8. The maximum atomic E-state index is 13.2. The highest BCUT2D eigenvalue weighted by Gasteiger charge is 2.37. The van der Waals surface area contributed by atoms with Gasteiger partial charge < -0.3 is 15.5 Å². The topological polar surface area (TPSA) is 78.5 Å². The van der Waals surface area contributed by atoms with Crippen LogP contribution in [0.5, 0.6) is 0 Å². The van der Waals surface area contributed by atoms with Gasteiger partial charge in [0.2, 0.25) is 11.8 Å². The first kappa shape index (κ1) is 21.4. The molecule has 1 saturated carbocycles. The Kier molecular flexibility index (Phi) is 6.56. The molecule has 2 aromatic carbocycles. The molecule has 2 aliphatic rings. The Morgan fingerprint density at radius 1 is 1.00 bits per heavy atom. The van der Waals surface area contributed by atoms with Gasteiger partial charge in [0.15, 0.2) is 0 Å². The average Bonchev–Trinajstić information content (AvgIpc) is 3.44. The summed E-state index contributed by atoms with van der Waals surface area (Å²) in [5, 5.41) is 6.32. The van der Waals surface area contributed by atoms with Crippen LogP contribution >= 0.6 is 11.6 Å². The lowest BCUT2D eigenvalue weighted by molar-refractivity contribution is -0.138. The zero-order valence-corrected chi connectivity index (χ0v) is 18.0. The van der Waals surface area contributed by atoms with E-state index in [0.29, 0.717) is 23.6 Å². The molecule has 1 aliphatic carbocycles. The number of hydrogen-bond donors (Lipinski definition) is 2. The molecule has 7 heteroatoms. The predicted octanol–water partition coefficient (Wildman–Crippen LogP) is 3.47. The Balaban J connectivity index is 1.49. The van der Waals surface area contributed by atoms with Gasteiger partial charge in [-0.1, -0.05) is 54.1 Å². The summed E-state index contributed by atoms with van der Waals surface area (Å²) in [7, 11) is 0. The molecule has 0 spiro atoms. The number of carbonyl (C=O) groups excluding carboxylic acids is 3. The zero-order valence-electron chi connectivity index (χ0n) is 17.2. The minimum Gasteiger partial charge on any atom is -0.352 e. The number of benzene rings is 2. The van der Waals surface area contributed by atoms with E-state index in [1.807, 2.05) is 30.3 Å². The number of nitrogens with one attached hydrogen (secondary N) is 2. The van der Waals surface area contributed by atoms with E-state index in [1.54, 1.807) is 29.2 Å². The molecule has 2 fully saturated rings. The summed E-state index contributed by atoms with van der Waals surface area (Å²) in [4.78, 5) is 40.3. The fraction of sp³-hybridized carbons (Fsp3) is 0.375. The largest absolute Gasteiger partial charge is 0.352 e. The molecule has 2 unspecified atom stereocenters. The van der Waals surface area contributed by atoms with Crippen LogP contribution in [-0.2, 0) is 9.59 Å². The highest BCUT2D eigenvalue weighted by Crippen LogP contribution is 2.26. The minimum absolute atomic E-state index is 0.0651. The molecule has 0 radical (unpaired) electrons. The highest BCUT2D eigenvalue weighted by atomic mass is 35.5. The van der Waals surface area contributed by atoms with Crippen molar-refractivity contribution >= 4 is 29.3 Å². The number of likely N-dealkylation sites (tertiary alicyclic amines) is 1. The third-order valence-electron chi connectivity index (χ3n) is 5.80. The van der Waals surface area contributed by atoms with Gasteiger partial charge in [-0.05, 0) is 43.4 Å². The molecule has 162 valence electrons. The van der Waals surface area contributed by atoms with Crippen LogP contribution in [0.1, 0.15) is 54.1 Å². The third-order valence-corrected chi connectivity index (χ3v) is 6.13. The van der Waals surface area contributed by atoms with Crippen LogP contribution in [0.2, 0.25) is 5.02 Å². The fourth-order valence-electron chi connectivity index (χ4n) is 3.97. The molecule has 6 nitrogen and oxygen atoms in total. The maximum Gasteiger partial charge on any atom is 0.253 e. The van der Waals surface area contributed by atoms with Gasteiger partial charge in [0.25, 0.3) is 5.91 Å². The number of rotatable bonds is 7. The van der Waals surface area contributed by atoms with Gasteiger partial charge in [-0.15, -0.1) is 0 Å². The lowest BCUT2D eigenvalue weighted by Crippen LogP contribution is -2.47. The van der Waals surface area contributed by atoms with Crippen LogP contribution in [0.25, 0.3) is 0 Å². The van der Waals surface area contributed by atoms with E-state index < -0.39 is 12.1 Å². The molecule has 1 heterocycles.